The fourth-order valence-electron chi connectivity index (χ4n) is 11.5. The normalized spacial score (nSPS) is 30.8. The van der Waals surface area contributed by atoms with Gasteiger partial charge < -0.3 is 66.7 Å². The van der Waals surface area contributed by atoms with E-state index >= 15 is 9.59 Å². The van der Waals surface area contributed by atoms with Crippen LogP contribution in [0.2, 0.25) is 0 Å². The number of pyridine rings is 2. The largest absolute Gasteiger partial charge is 0.493 e. The molecule has 0 radical (unpaired) electrons. The number of methoxy groups -OCH3 is 3. The lowest BCUT2D eigenvalue weighted by molar-refractivity contribution is -0.386. The molecule has 2 aliphatic carbocycles. The van der Waals surface area contributed by atoms with Gasteiger partial charge in [-0.3, -0.25) is 33.9 Å². The first-order chi connectivity index (χ1) is 37.1. The number of aliphatic hydroxyl groups is 1. The summed E-state index contributed by atoms with van der Waals surface area (Å²) >= 11 is 0. The van der Waals surface area contributed by atoms with Crippen molar-refractivity contribution in [3.8, 4) is 17.2 Å². The van der Waals surface area contributed by atoms with Crippen molar-refractivity contribution in [3.05, 3.63) is 77.4 Å². The van der Waals surface area contributed by atoms with E-state index in [0.29, 0.717) is 0 Å². The van der Waals surface area contributed by atoms with E-state index < -0.39 is 155 Å². The standard InChI is InChI=1S/C54H62N2O23/c1-25-26(2)45(61)76-42-40(72-27(3)57)44(74-29(5)59)53(24-71-46(62)31-16-14-20-55-22-31)43(77-49(65)50(7,8)78-30(6)60)39(75-48(64)33-18-19-34(67-11)38(69-13)37(33)68-12)35-41(73-28(4)58)54(53,52(42,10)66)79-51(35,9)23-70-47(63)32-17-15-21-56-36(25)32/h14-22,25-26,35,39-44,66H,23-24H2,1-13H3. The number of nitrogens with zero attached hydrogens (tertiary/aromatic N) is 2. The van der Waals surface area contributed by atoms with Gasteiger partial charge >= 0.3 is 53.7 Å². The number of hydrogen-bond acceptors (Lipinski definition) is 25. The Balaban J connectivity index is 1.69. The maximum atomic E-state index is 15.4. The van der Waals surface area contributed by atoms with E-state index in [1.54, 1.807) is 6.92 Å². The van der Waals surface area contributed by atoms with Gasteiger partial charge in [0, 0.05) is 52.2 Å². The third-order valence-electron chi connectivity index (χ3n) is 15.0. The van der Waals surface area contributed by atoms with Crippen LogP contribution in [0.3, 0.4) is 0 Å². The Morgan fingerprint density at radius 3 is 1.96 bits per heavy atom. The quantitative estimate of drug-likeness (QED) is 0.179. The SMILES string of the molecule is COc1ccc(C(=O)OC2C3C(OC(C)=O)C45OC3(C)COC(=O)c3cccnc3C(C)C(C)C(=O)OC(C(OC(C)=O)C(OC(C)=O)C4(COC(=O)c3cccnc3)C2OC(=O)C(C)(C)OC(C)=O)C5(C)O)c(OC)c1OC. The first-order valence-electron chi connectivity index (χ1n) is 24.8. The third-order valence-corrected chi connectivity index (χ3v) is 15.0. The highest BCUT2D eigenvalue weighted by Crippen LogP contribution is 2.70. The second kappa shape index (κ2) is 22.1. The number of carbonyl (C=O) groups excluding carboxylic acids is 9. The van der Waals surface area contributed by atoms with Crippen molar-refractivity contribution in [2.75, 3.05) is 34.5 Å². The van der Waals surface area contributed by atoms with Crippen molar-refractivity contribution in [2.45, 2.75) is 134 Å². The van der Waals surface area contributed by atoms with E-state index in [4.69, 9.17) is 61.6 Å². The Kier molecular flexibility index (Phi) is 16.4. The lowest BCUT2D eigenvalue weighted by Gasteiger charge is -2.67. The van der Waals surface area contributed by atoms with E-state index in [9.17, 15) is 38.7 Å². The molecule has 0 amide bonds. The summed E-state index contributed by atoms with van der Waals surface area (Å²) in [7, 11) is 3.77. The number of fused-ring (bicyclic) bond motifs is 5. The molecule has 25 heteroatoms. The minimum absolute atomic E-state index is 0.0525. The molecule has 2 aromatic heterocycles. The molecule has 2 aliphatic heterocycles. The molecule has 4 aliphatic rings. The van der Waals surface area contributed by atoms with E-state index in [0.717, 1.165) is 54.7 Å². The van der Waals surface area contributed by atoms with Crippen molar-refractivity contribution in [2.24, 2.45) is 17.3 Å². The van der Waals surface area contributed by atoms with Crippen LogP contribution in [0.15, 0.2) is 55.0 Å². The maximum absolute atomic E-state index is 15.4. The first-order valence-corrected chi connectivity index (χ1v) is 24.8. The van der Waals surface area contributed by atoms with Gasteiger partial charge in [0.15, 0.2) is 41.5 Å². The summed E-state index contributed by atoms with van der Waals surface area (Å²) < 4.78 is 79.7. The smallest absolute Gasteiger partial charge is 0.350 e. The fourth-order valence-corrected chi connectivity index (χ4v) is 11.5. The van der Waals surface area contributed by atoms with Gasteiger partial charge in [-0.1, -0.05) is 13.8 Å². The molecule has 4 bridgehead atoms. The molecule has 1 N–H and O–H groups in total. The van der Waals surface area contributed by atoms with Gasteiger partial charge in [0.25, 0.3) is 0 Å². The number of esters is 9. The molecule has 1 spiro atoms. The zero-order valence-corrected chi connectivity index (χ0v) is 45.6. The molecule has 3 fully saturated rings. The summed E-state index contributed by atoms with van der Waals surface area (Å²) in [6.07, 6.45) is -10.1. The summed E-state index contributed by atoms with van der Waals surface area (Å²) in [5.74, 6) is -15.1. The van der Waals surface area contributed by atoms with Gasteiger partial charge in [-0.15, -0.1) is 0 Å². The van der Waals surface area contributed by atoms with Crippen LogP contribution >= 0.6 is 0 Å². The van der Waals surface area contributed by atoms with Crippen molar-refractivity contribution in [3.63, 3.8) is 0 Å². The second-order valence-electron chi connectivity index (χ2n) is 20.4. The summed E-state index contributed by atoms with van der Waals surface area (Å²) in [5, 5.41) is 14.1. The highest BCUT2D eigenvalue weighted by Gasteiger charge is 2.92. The van der Waals surface area contributed by atoms with Gasteiger partial charge in [-0.05, 0) is 64.1 Å². The van der Waals surface area contributed by atoms with Gasteiger partial charge in [0.1, 0.15) is 47.6 Å². The van der Waals surface area contributed by atoms with Crippen LogP contribution in [0.1, 0.15) is 112 Å². The topological polar surface area (TPSA) is 320 Å². The van der Waals surface area contributed by atoms with Crippen LogP contribution in [0.4, 0.5) is 0 Å². The molecule has 3 aromatic rings. The summed E-state index contributed by atoms with van der Waals surface area (Å²) in [5.41, 5.74) is -14.5. The highest BCUT2D eigenvalue weighted by molar-refractivity contribution is 5.95. The van der Waals surface area contributed by atoms with Gasteiger partial charge in [0.2, 0.25) is 11.4 Å². The monoisotopic (exact) mass is 1110 g/mol. The van der Waals surface area contributed by atoms with Crippen molar-refractivity contribution < 1.29 is 110 Å². The summed E-state index contributed by atoms with van der Waals surface area (Å²) in [6, 6.07) is 8.05. The van der Waals surface area contributed by atoms with Crippen LogP contribution in [-0.4, -0.2) is 162 Å². The molecule has 2 saturated carbocycles. The van der Waals surface area contributed by atoms with E-state index in [1.165, 1.54) is 84.0 Å². The molecule has 7 rings (SSSR count). The zero-order valence-electron chi connectivity index (χ0n) is 45.6. The summed E-state index contributed by atoms with van der Waals surface area (Å²) in [4.78, 5) is 137. The Bertz CT molecular complexity index is 2930. The number of cyclic esters (lactones) is 1. The van der Waals surface area contributed by atoms with Gasteiger partial charge in [-0.2, -0.15) is 0 Å². The molecule has 426 valence electrons. The molecule has 4 heterocycles. The lowest BCUT2D eigenvalue weighted by atomic mass is 9.45. The highest BCUT2D eigenvalue weighted by atomic mass is 16.7. The van der Waals surface area contributed by atoms with Crippen LogP contribution in [0.5, 0.6) is 17.2 Å². The Hall–Kier alpha value is -7.93. The molecular formula is C54H62N2O23. The molecule has 1 aromatic carbocycles. The molecule has 13 unspecified atom stereocenters. The Labute approximate surface area is 453 Å². The molecular weight excluding hydrogens is 1040 g/mol. The van der Waals surface area contributed by atoms with Crippen LogP contribution in [-0.2, 0) is 76.1 Å². The van der Waals surface area contributed by atoms with Crippen molar-refractivity contribution >= 4 is 53.7 Å². The number of aromatic nitrogens is 2. The number of benzene rings is 1. The second-order valence-corrected chi connectivity index (χ2v) is 20.4. The minimum atomic E-state index is -3.08. The van der Waals surface area contributed by atoms with Crippen molar-refractivity contribution in [1.29, 1.82) is 0 Å². The summed E-state index contributed by atoms with van der Waals surface area (Å²) in [6.45, 7) is 9.06. The van der Waals surface area contributed by atoms with Crippen LogP contribution < -0.4 is 14.2 Å². The maximum Gasteiger partial charge on any atom is 0.350 e. The third kappa shape index (κ3) is 10.1. The average molecular weight is 1110 g/mol. The van der Waals surface area contributed by atoms with E-state index in [2.05, 4.69) is 9.97 Å². The Morgan fingerprint density at radius 1 is 0.734 bits per heavy atom. The molecule has 25 nitrogen and oxygen atoms in total. The molecule has 1 saturated heterocycles. The predicted octanol–water partition coefficient (Wildman–Crippen LogP) is 3.36. The van der Waals surface area contributed by atoms with Gasteiger partial charge in [-0.25, -0.2) is 19.2 Å². The fraction of sp³-hybridized carbons (Fsp3) is 0.537. The minimum Gasteiger partial charge on any atom is -0.493 e. The molecule has 13 atom stereocenters. The zero-order chi connectivity index (χ0) is 58.3. The van der Waals surface area contributed by atoms with Crippen LogP contribution in [0.25, 0.3) is 0 Å². The number of ether oxygens (including phenoxy) is 13. The predicted molar refractivity (Wildman–Crippen MR) is 263 cm³/mol. The van der Waals surface area contributed by atoms with E-state index in [1.807, 2.05) is 0 Å². The number of rotatable bonds is 14. The lowest BCUT2D eigenvalue weighted by Crippen LogP contribution is -2.89. The van der Waals surface area contributed by atoms with Gasteiger partial charge in [0.05, 0.1) is 50.0 Å². The van der Waals surface area contributed by atoms with E-state index in [-0.39, 0.29) is 34.1 Å². The molecule has 79 heavy (non-hydrogen) atoms. The average Bonchev–Trinajstić information content (AvgIpc) is 1.96. The van der Waals surface area contributed by atoms with Crippen molar-refractivity contribution in [1.82, 2.24) is 9.97 Å². The van der Waals surface area contributed by atoms with Crippen LogP contribution in [0, 0.1) is 17.3 Å². The first kappa shape index (κ1) is 58.7. The Morgan fingerprint density at radius 2 is 1.37 bits per heavy atom. The number of carbonyl (C=O) groups is 9. The number of hydrogen-bond donors (Lipinski definition) is 1.